The van der Waals surface area contributed by atoms with Gasteiger partial charge in [0.2, 0.25) is 0 Å². The van der Waals surface area contributed by atoms with E-state index in [1.165, 1.54) is 0 Å². The zero-order valence-corrected chi connectivity index (χ0v) is 8.48. The summed E-state index contributed by atoms with van der Waals surface area (Å²) < 4.78 is 0. The lowest BCUT2D eigenvalue weighted by molar-refractivity contribution is -0.170. The first kappa shape index (κ1) is 8.28. The number of hydrogen-bond donors (Lipinski definition) is 0. The Hall–Kier alpha value is -0.330. The minimum atomic E-state index is 0.259. The highest BCUT2D eigenvalue weighted by molar-refractivity contribution is 5.85. The van der Waals surface area contributed by atoms with Crippen LogP contribution >= 0.6 is 0 Å². The average molecular weight is 166 g/mol. The maximum atomic E-state index is 11.7. The number of fused-ring (bicyclic) bond motifs is 2. The number of rotatable bonds is 0. The Morgan fingerprint density at radius 2 is 1.83 bits per heavy atom. The fourth-order valence-corrected chi connectivity index (χ4v) is 3.49. The first-order valence-electron chi connectivity index (χ1n) is 4.88. The van der Waals surface area contributed by atoms with Gasteiger partial charge in [-0.1, -0.05) is 27.7 Å². The predicted molar refractivity (Wildman–Crippen MR) is 48.8 cm³/mol. The van der Waals surface area contributed by atoms with Crippen molar-refractivity contribution in [3.05, 3.63) is 0 Å². The van der Waals surface area contributed by atoms with E-state index in [9.17, 15) is 4.79 Å². The summed E-state index contributed by atoms with van der Waals surface area (Å²) >= 11 is 0. The van der Waals surface area contributed by atoms with Gasteiger partial charge in [0.05, 0.1) is 0 Å². The first-order valence-corrected chi connectivity index (χ1v) is 4.88. The summed E-state index contributed by atoms with van der Waals surface area (Å²) in [5, 5.41) is 0. The van der Waals surface area contributed by atoms with Gasteiger partial charge in [0.15, 0.2) is 0 Å². The molecule has 2 atom stereocenters. The van der Waals surface area contributed by atoms with E-state index in [0.717, 1.165) is 18.8 Å². The number of ketones is 1. The van der Waals surface area contributed by atoms with Crippen LogP contribution in [0.15, 0.2) is 0 Å². The van der Waals surface area contributed by atoms with E-state index in [0.29, 0.717) is 17.1 Å². The van der Waals surface area contributed by atoms with Gasteiger partial charge in [0, 0.05) is 12.3 Å². The molecule has 0 aromatic carbocycles. The van der Waals surface area contributed by atoms with E-state index in [2.05, 4.69) is 27.7 Å². The lowest BCUT2D eigenvalue weighted by atomic mass is 9.41. The van der Waals surface area contributed by atoms with Crippen molar-refractivity contribution < 1.29 is 4.79 Å². The van der Waals surface area contributed by atoms with Crippen LogP contribution in [-0.2, 0) is 4.79 Å². The highest BCUT2D eigenvalue weighted by atomic mass is 16.1. The van der Waals surface area contributed by atoms with Gasteiger partial charge < -0.3 is 0 Å². The summed E-state index contributed by atoms with van der Waals surface area (Å²) in [6, 6.07) is 0. The SMILES string of the molecule is CC1(C)CC(=O)[C@H]2C[C@@H]1C2(C)C. The van der Waals surface area contributed by atoms with Crippen LogP contribution in [0.4, 0.5) is 0 Å². The second-order valence-electron chi connectivity index (χ2n) is 5.79. The third-order valence-electron chi connectivity index (χ3n) is 4.23. The lowest BCUT2D eigenvalue weighted by Crippen LogP contribution is -2.60. The van der Waals surface area contributed by atoms with Gasteiger partial charge in [-0.3, -0.25) is 4.79 Å². The number of hydrogen-bond acceptors (Lipinski definition) is 1. The van der Waals surface area contributed by atoms with Crippen LogP contribution in [0.1, 0.15) is 40.5 Å². The second kappa shape index (κ2) is 1.94. The molecule has 0 amide bonds. The van der Waals surface area contributed by atoms with E-state index >= 15 is 0 Å². The standard InChI is InChI=1S/C11H18O/c1-10(2)6-8(12)7-5-9(10)11(7,3)4/h7,9H,5-6H2,1-4H3/t7-,9+/m1/s1. The second-order valence-corrected chi connectivity index (χ2v) is 5.79. The molecule has 0 aromatic heterocycles. The zero-order chi connectivity index (χ0) is 9.15. The normalized spacial score (nSPS) is 42.2. The summed E-state index contributed by atoms with van der Waals surface area (Å²) in [4.78, 5) is 11.7. The average Bonchev–Trinajstić information content (AvgIpc) is 1.81. The molecule has 68 valence electrons. The van der Waals surface area contributed by atoms with Gasteiger partial charge in [-0.15, -0.1) is 0 Å². The Kier molecular flexibility index (Phi) is 1.34. The van der Waals surface area contributed by atoms with Crippen LogP contribution in [0.3, 0.4) is 0 Å². The Labute approximate surface area is 74.5 Å². The molecule has 0 unspecified atom stereocenters. The Morgan fingerprint density at radius 1 is 1.25 bits per heavy atom. The minimum absolute atomic E-state index is 0.259. The summed E-state index contributed by atoms with van der Waals surface area (Å²) in [6.45, 7) is 8.99. The number of carbonyl (C=O) groups excluding carboxylic acids is 1. The molecule has 0 spiro atoms. The predicted octanol–water partition coefficient (Wildman–Crippen LogP) is 2.65. The monoisotopic (exact) mass is 166 g/mol. The van der Waals surface area contributed by atoms with Gasteiger partial charge in [0.1, 0.15) is 5.78 Å². The molecule has 12 heavy (non-hydrogen) atoms. The van der Waals surface area contributed by atoms with Gasteiger partial charge >= 0.3 is 0 Å². The molecule has 0 radical (unpaired) electrons. The Morgan fingerprint density at radius 3 is 2.17 bits per heavy atom. The number of carbonyl (C=O) groups is 1. The molecule has 0 N–H and O–H groups in total. The Bertz CT molecular complexity index is 229. The van der Waals surface area contributed by atoms with Crippen molar-refractivity contribution in [2.75, 3.05) is 0 Å². The molecule has 0 heterocycles. The lowest BCUT2D eigenvalue weighted by Gasteiger charge is -2.62. The summed E-state index contributed by atoms with van der Waals surface area (Å²) in [5.74, 6) is 1.66. The molecular weight excluding hydrogens is 148 g/mol. The smallest absolute Gasteiger partial charge is 0.137 e. The van der Waals surface area contributed by atoms with Gasteiger partial charge in [-0.05, 0) is 23.2 Å². The van der Waals surface area contributed by atoms with Crippen LogP contribution in [0.5, 0.6) is 0 Å². The topological polar surface area (TPSA) is 17.1 Å². The van der Waals surface area contributed by atoms with Crippen LogP contribution < -0.4 is 0 Å². The van der Waals surface area contributed by atoms with Crippen molar-refractivity contribution in [3.63, 3.8) is 0 Å². The molecule has 3 aliphatic rings. The molecule has 2 bridgehead atoms. The van der Waals surface area contributed by atoms with Crippen molar-refractivity contribution in [2.45, 2.75) is 40.5 Å². The van der Waals surface area contributed by atoms with Crippen LogP contribution in [0, 0.1) is 22.7 Å². The van der Waals surface area contributed by atoms with E-state index < -0.39 is 0 Å². The quantitative estimate of drug-likeness (QED) is 0.540. The zero-order valence-electron chi connectivity index (χ0n) is 8.48. The molecule has 3 aliphatic carbocycles. The van der Waals surface area contributed by atoms with Crippen molar-refractivity contribution in [1.82, 2.24) is 0 Å². The fourth-order valence-electron chi connectivity index (χ4n) is 3.49. The third kappa shape index (κ3) is 0.773. The molecule has 1 nitrogen and oxygen atoms in total. The molecule has 0 saturated heterocycles. The summed E-state index contributed by atoms with van der Waals surface area (Å²) in [7, 11) is 0. The fraction of sp³-hybridized carbons (Fsp3) is 0.909. The van der Waals surface area contributed by atoms with Crippen molar-refractivity contribution in [2.24, 2.45) is 22.7 Å². The summed E-state index contributed by atoms with van der Waals surface area (Å²) in [6.07, 6.45) is 1.96. The largest absolute Gasteiger partial charge is 0.299 e. The third-order valence-corrected chi connectivity index (χ3v) is 4.23. The van der Waals surface area contributed by atoms with Crippen molar-refractivity contribution in [3.8, 4) is 0 Å². The van der Waals surface area contributed by atoms with Crippen LogP contribution in [-0.4, -0.2) is 5.78 Å². The minimum Gasteiger partial charge on any atom is -0.299 e. The maximum Gasteiger partial charge on any atom is 0.137 e. The van der Waals surface area contributed by atoms with E-state index in [4.69, 9.17) is 0 Å². The van der Waals surface area contributed by atoms with Gasteiger partial charge in [0.25, 0.3) is 0 Å². The molecule has 0 aliphatic heterocycles. The van der Waals surface area contributed by atoms with Crippen LogP contribution in [0.2, 0.25) is 0 Å². The Balaban J connectivity index is 2.34. The molecule has 3 fully saturated rings. The van der Waals surface area contributed by atoms with Crippen LogP contribution in [0.25, 0.3) is 0 Å². The molecule has 3 saturated carbocycles. The van der Waals surface area contributed by atoms with Gasteiger partial charge in [-0.2, -0.15) is 0 Å². The molecule has 3 rings (SSSR count). The maximum absolute atomic E-state index is 11.7. The first-order chi connectivity index (χ1) is 5.36. The molecule has 1 heteroatoms. The number of Topliss-reactive ketones (excluding diaryl/α,β-unsaturated/α-hetero) is 1. The molecular formula is C11H18O. The van der Waals surface area contributed by atoms with Crippen molar-refractivity contribution in [1.29, 1.82) is 0 Å². The van der Waals surface area contributed by atoms with E-state index in [-0.39, 0.29) is 5.41 Å². The highest BCUT2D eigenvalue weighted by Gasteiger charge is 2.61. The van der Waals surface area contributed by atoms with E-state index in [1.807, 2.05) is 0 Å². The van der Waals surface area contributed by atoms with Gasteiger partial charge in [-0.25, -0.2) is 0 Å². The highest BCUT2D eigenvalue weighted by Crippen LogP contribution is 2.64. The molecule has 0 aromatic rings. The van der Waals surface area contributed by atoms with E-state index in [1.54, 1.807) is 0 Å². The summed E-state index contributed by atoms with van der Waals surface area (Å²) in [5.41, 5.74) is 0.550. The van der Waals surface area contributed by atoms with Crippen molar-refractivity contribution >= 4 is 5.78 Å².